The van der Waals surface area contributed by atoms with E-state index >= 15 is 0 Å². The average Bonchev–Trinajstić information content (AvgIpc) is 3.18. The fourth-order valence-electron chi connectivity index (χ4n) is 3.44. The third-order valence-electron chi connectivity index (χ3n) is 4.99. The minimum atomic E-state index is -0.244. The predicted octanol–water partition coefficient (Wildman–Crippen LogP) is 7.15. The summed E-state index contributed by atoms with van der Waals surface area (Å²) in [5.41, 5.74) is 5.57. The van der Waals surface area contributed by atoms with Crippen LogP contribution >= 0.6 is 31.9 Å². The van der Waals surface area contributed by atoms with E-state index in [1.54, 1.807) is 13.2 Å². The summed E-state index contributed by atoms with van der Waals surface area (Å²) in [7, 11) is 1.56. The van der Waals surface area contributed by atoms with Crippen molar-refractivity contribution in [3.05, 3.63) is 74.2 Å². The Kier molecular flexibility index (Phi) is 6.16. The number of ether oxygens (including phenoxy) is 1. The number of benzene rings is 3. The number of hydrogen-bond acceptors (Lipinski definition) is 4. The van der Waals surface area contributed by atoms with Gasteiger partial charge in [0.1, 0.15) is 11.3 Å². The quantitative estimate of drug-likeness (QED) is 0.290. The number of nitrogens with one attached hydrogen (secondary N) is 1. The van der Waals surface area contributed by atoms with Gasteiger partial charge in [0, 0.05) is 15.7 Å². The fourth-order valence-corrected chi connectivity index (χ4v) is 4.59. The Balaban J connectivity index is 1.59. The number of carbonyl (C=O) groups excluding carboxylic acids is 1. The highest BCUT2D eigenvalue weighted by atomic mass is 79.9. The van der Waals surface area contributed by atoms with Crippen molar-refractivity contribution in [1.29, 1.82) is 0 Å². The summed E-state index contributed by atoms with van der Waals surface area (Å²) >= 11 is 7.00. The first-order valence-electron chi connectivity index (χ1n) is 9.74. The van der Waals surface area contributed by atoms with E-state index in [0.29, 0.717) is 22.9 Å². The van der Waals surface area contributed by atoms with Gasteiger partial charge in [0.25, 0.3) is 5.91 Å². The molecule has 0 atom stereocenters. The maximum Gasteiger partial charge on any atom is 0.259 e. The number of aromatic nitrogens is 1. The van der Waals surface area contributed by atoms with Crippen molar-refractivity contribution in [3.63, 3.8) is 0 Å². The van der Waals surface area contributed by atoms with Gasteiger partial charge in [0.2, 0.25) is 5.89 Å². The molecule has 7 heteroatoms. The monoisotopic (exact) mass is 542 g/mol. The topological polar surface area (TPSA) is 64.4 Å². The van der Waals surface area contributed by atoms with E-state index in [9.17, 15) is 4.79 Å². The molecule has 1 aromatic heterocycles. The molecule has 0 saturated heterocycles. The molecule has 0 aliphatic carbocycles. The van der Waals surface area contributed by atoms with Crippen molar-refractivity contribution in [2.45, 2.75) is 20.3 Å². The average molecular weight is 544 g/mol. The molecule has 31 heavy (non-hydrogen) atoms. The molecule has 0 unspecified atom stereocenters. The number of halogens is 2. The molecule has 4 rings (SSSR count). The Morgan fingerprint density at radius 2 is 1.87 bits per heavy atom. The number of nitrogens with zero attached hydrogens (tertiary/aromatic N) is 1. The molecule has 5 nitrogen and oxygen atoms in total. The van der Waals surface area contributed by atoms with Crippen molar-refractivity contribution in [2.24, 2.45) is 0 Å². The molecule has 0 bridgehead atoms. The van der Waals surface area contributed by atoms with Crippen LogP contribution in [0.25, 0.3) is 22.6 Å². The number of amides is 1. The highest BCUT2D eigenvalue weighted by molar-refractivity contribution is 9.11. The lowest BCUT2D eigenvalue weighted by molar-refractivity contribution is 0.102. The molecule has 0 aliphatic heterocycles. The van der Waals surface area contributed by atoms with Gasteiger partial charge in [-0.05, 0) is 88.9 Å². The molecular formula is C24H20Br2N2O3. The maximum atomic E-state index is 12.8. The third kappa shape index (κ3) is 4.38. The Morgan fingerprint density at radius 3 is 2.55 bits per heavy atom. The SMILES string of the molecule is CCc1cc(Br)c2oc(-c3ccc(NC(=O)c4cc(Br)cc(C)c4OC)cc3)nc2c1. The van der Waals surface area contributed by atoms with Gasteiger partial charge in [-0.3, -0.25) is 4.79 Å². The largest absolute Gasteiger partial charge is 0.496 e. The summed E-state index contributed by atoms with van der Waals surface area (Å²) in [4.78, 5) is 17.4. The summed E-state index contributed by atoms with van der Waals surface area (Å²) in [6.07, 6.45) is 0.924. The molecule has 0 radical (unpaired) electrons. The van der Waals surface area contributed by atoms with Gasteiger partial charge in [0.15, 0.2) is 5.58 Å². The molecule has 1 heterocycles. The van der Waals surface area contributed by atoms with Gasteiger partial charge in [0.05, 0.1) is 17.1 Å². The summed E-state index contributed by atoms with van der Waals surface area (Å²) in [5, 5.41) is 2.92. The second-order valence-electron chi connectivity index (χ2n) is 7.13. The van der Waals surface area contributed by atoms with Crippen LogP contribution in [0.5, 0.6) is 5.75 Å². The van der Waals surface area contributed by atoms with Gasteiger partial charge in [-0.25, -0.2) is 4.98 Å². The van der Waals surface area contributed by atoms with Crippen molar-refractivity contribution >= 4 is 54.6 Å². The molecule has 3 aromatic carbocycles. The molecule has 4 aromatic rings. The van der Waals surface area contributed by atoms with Crippen LogP contribution in [0.4, 0.5) is 5.69 Å². The van der Waals surface area contributed by atoms with E-state index in [4.69, 9.17) is 9.15 Å². The number of oxazole rings is 1. The van der Waals surface area contributed by atoms with Crippen LogP contribution in [0.3, 0.4) is 0 Å². The third-order valence-corrected chi connectivity index (χ3v) is 6.04. The highest BCUT2D eigenvalue weighted by Crippen LogP contribution is 2.32. The Bertz CT molecular complexity index is 1280. The number of hydrogen-bond donors (Lipinski definition) is 1. The standard InChI is InChI=1S/C24H20Br2N2O3/c1-4-14-10-19(26)22-20(11-14)28-24(31-22)15-5-7-17(8-6-15)27-23(29)18-12-16(25)9-13(2)21(18)30-3/h5-12H,4H2,1-3H3,(H,27,29). The lowest BCUT2D eigenvalue weighted by Gasteiger charge is -2.12. The van der Waals surface area contributed by atoms with E-state index in [2.05, 4.69) is 49.1 Å². The molecule has 0 spiro atoms. The molecule has 0 saturated carbocycles. The first-order valence-corrected chi connectivity index (χ1v) is 11.3. The molecular weight excluding hydrogens is 524 g/mol. The number of anilines is 1. The van der Waals surface area contributed by atoms with E-state index in [-0.39, 0.29) is 5.91 Å². The zero-order chi connectivity index (χ0) is 22.1. The van der Waals surface area contributed by atoms with E-state index in [1.165, 1.54) is 5.56 Å². The van der Waals surface area contributed by atoms with E-state index in [1.807, 2.05) is 49.4 Å². The van der Waals surface area contributed by atoms with Crippen LogP contribution in [0.2, 0.25) is 0 Å². The number of fused-ring (bicyclic) bond motifs is 1. The van der Waals surface area contributed by atoms with Crippen LogP contribution in [0, 0.1) is 6.92 Å². The first kappa shape index (κ1) is 21.6. The zero-order valence-electron chi connectivity index (χ0n) is 17.3. The van der Waals surface area contributed by atoms with E-state index in [0.717, 1.165) is 37.6 Å². The summed E-state index contributed by atoms with van der Waals surface area (Å²) in [6.45, 7) is 4.00. The predicted molar refractivity (Wildman–Crippen MR) is 130 cm³/mol. The smallest absolute Gasteiger partial charge is 0.259 e. The summed E-state index contributed by atoms with van der Waals surface area (Å²) < 4.78 is 13.1. The second-order valence-corrected chi connectivity index (χ2v) is 8.90. The van der Waals surface area contributed by atoms with Crippen LogP contribution < -0.4 is 10.1 Å². The van der Waals surface area contributed by atoms with E-state index < -0.39 is 0 Å². The van der Waals surface area contributed by atoms with Crippen molar-refractivity contribution in [2.75, 3.05) is 12.4 Å². The molecule has 0 fully saturated rings. The van der Waals surface area contributed by atoms with Crippen LogP contribution in [-0.4, -0.2) is 18.0 Å². The Labute approximate surface area is 197 Å². The number of rotatable bonds is 5. The van der Waals surface area contributed by atoms with Gasteiger partial charge < -0.3 is 14.5 Å². The fraction of sp³-hybridized carbons (Fsp3) is 0.167. The molecule has 1 amide bonds. The first-order chi connectivity index (χ1) is 14.9. The van der Waals surface area contributed by atoms with Crippen LogP contribution in [0.15, 0.2) is 61.9 Å². The minimum absolute atomic E-state index is 0.244. The van der Waals surface area contributed by atoms with Crippen molar-refractivity contribution in [1.82, 2.24) is 4.98 Å². The minimum Gasteiger partial charge on any atom is -0.496 e. The van der Waals surface area contributed by atoms with Gasteiger partial charge in [-0.15, -0.1) is 0 Å². The van der Waals surface area contributed by atoms with Crippen LogP contribution in [-0.2, 0) is 6.42 Å². The van der Waals surface area contributed by atoms with Gasteiger partial charge in [-0.1, -0.05) is 22.9 Å². The number of carbonyl (C=O) groups is 1. The van der Waals surface area contributed by atoms with Gasteiger partial charge >= 0.3 is 0 Å². The highest BCUT2D eigenvalue weighted by Gasteiger charge is 2.16. The lowest BCUT2D eigenvalue weighted by Crippen LogP contribution is -2.13. The second kappa shape index (κ2) is 8.85. The summed E-state index contributed by atoms with van der Waals surface area (Å²) in [6, 6.07) is 15.1. The maximum absolute atomic E-state index is 12.8. The Hall–Kier alpha value is -2.64. The summed E-state index contributed by atoms with van der Waals surface area (Å²) in [5.74, 6) is 0.846. The van der Waals surface area contributed by atoms with Gasteiger partial charge in [-0.2, -0.15) is 0 Å². The molecule has 158 valence electrons. The van der Waals surface area contributed by atoms with Crippen molar-refractivity contribution < 1.29 is 13.9 Å². The lowest BCUT2D eigenvalue weighted by atomic mass is 10.1. The number of methoxy groups -OCH3 is 1. The molecule has 0 aliphatic rings. The normalized spacial score (nSPS) is 11.0. The van der Waals surface area contributed by atoms with Crippen molar-refractivity contribution in [3.8, 4) is 17.2 Å². The van der Waals surface area contributed by atoms with Crippen LogP contribution in [0.1, 0.15) is 28.4 Å². The zero-order valence-corrected chi connectivity index (χ0v) is 20.4. The molecule has 1 N–H and O–H groups in total. The number of aryl methyl sites for hydroxylation is 2. The Morgan fingerprint density at radius 1 is 1.13 bits per heavy atom.